The number of hydrogen-bond donors (Lipinski definition) is 4. The fraction of sp³-hybridized carbons (Fsp3) is 0.385. The van der Waals surface area contributed by atoms with E-state index in [9.17, 15) is 9.59 Å². The van der Waals surface area contributed by atoms with E-state index in [0.717, 1.165) is 0 Å². The number of carboxylic acids is 1. The second kappa shape index (κ2) is 8.33. The molecule has 0 bridgehead atoms. The van der Waals surface area contributed by atoms with Crippen molar-refractivity contribution in [2.75, 3.05) is 13.7 Å². The molecule has 8 heteroatoms. The lowest BCUT2D eigenvalue weighted by atomic mass is 10.2. The quantitative estimate of drug-likeness (QED) is 0.600. The molecule has 0 fully saturated rings. The number of ether oxygens (including phenoxy) is 1. The molecule has 116 valence electrons. The molecule has 0 aromatic heterocycles. The van der Waals surface area contributed by atoms with Crippen LogP contribution in [0.2, 0.25) is 5.02 Å². The highest BCUT2D eigenvalue weighted by atomic mass is 35.5. The second-order valence-electron chi connectivity index (χ2n) is 4.15. The van der Waals surface area contributed by atoms with Crippen molar-refractivity contribution in [3.8, 4) is 5.75 Å². The van der Waals surface area contributed by atoms with Crippen molar-refractivity contribution in [3.63, 3.8) is 0 Å². The third kappa shape index (κ3) is 5.13. The van der Waals surface area contributed by atoms with Crippen LogP contribution in [0.5, 0.6) is 5.75 Å². The van der Waals surface area contributed by atoms with E-state index in [1.165, 1.54) is 7.11 Å². The van der Waals surface area contributed by atoms with E-state index in [1.54, 1.807) is 18.2 Å². The Kier molecular flexibility index (Phi) is 6.77. The van der Waals surface area contributed by atoms with Crippen LogP contribution in [0, 0.1) is 0 Å². The average molecular weight is 317 g/mol. The number of hydrogen-bond acceptors (Lipinski definition) is 4. The number of halogens is 1. The number of urea groups is 1. The highest BCUT2D eigenvalue weighted by Gasteiger charge is 2.19. The molecular weight excluding hydrogens is 300 g/mol. The third-order valence-corrected chi connectivity index (χ3v) is 3.10. The number of aliphatic hydroxyl groups is 1. The summed E-state index contributed by atoms with van der Waals surface area (Å²) in [6.07, 6.45) is -0.0713. The molecule has 1 aromatic rings. The van der Waals surface area contributed by atoms with Crippen molar-refractivity contribution in [1.82, 2.24) is 10.6 Å². The van der Waals surface area contributed by atoms with Crippen LogP contribution in [0.1, 0.15) is 12.0 Å². The molecule has 0 aliphatic rings. The van der Waals surface area contributed by atoms with Crippen LogP contribution >= 0.6 is 11.6 Å². The maximum Gasteiger partial charge on any atom is 0.326 e. The van der Waals surface area contributed by atoms with Gasteiger partial charge in [0.1, 0.15) is 11.8 Å². The number of carboxylic acid groups (broad SMARTS) is 1. The highest BCUT2D eigenvalue weighted by Crippen LogP contribution is 2.25. The standard InChI is InChI=1S/C13H17ClN2O5/c1-21-11-4-2-3-9(14)8(11)7-15-13(20)16-10(5-6-17)12(18)19/h2-4,10,17H,5-7H2,1H3,(H,18,19)(H2,15,16,20)/t10-/m1/s1. The Bertz CT molecular complexity index is 509. The first-order chi connectivity index (χ1) is 9.99. The summed E-state index contributed by atoms with van der Waals surface area (Å²) < 4.78 is 5.13. The van der Waals surface area contributed by atoms with Gasteiger partial charge in [0, 0.05) is 30.2 Å². The van der Waals surface area contributed by atoms with Gasteiger partial charge in [0.15, 0.2) is 0 Å². The lowest BCUT2D eigenvalue weighted by molar-refractivity contribution is -0.139. The van der Waals surface area contributed by atoms with Crippen LogP contribution in [-0.2, 0) is 11.3 Å². The number of methoxy groups -OCH3 is 1. The molecule has 0 saturated carbocycles. The summed E-state index contributed by atoms with van der Waals surface area (Å²) in [6, 6.07) is 3.25. The minimum Gasteiger partial charge on any atom is -0.496 e. The van der Waals surface area contributed by atoms with Crippen LogP contribution in [0.4, 0.5) is 4.79 Å². The zero-order valence-electron chi connectivity index (χ0n) is 11.4. The topological polar surface area (TPSA) is 108 Å². The number of benzene rings is 1. The van der Waals surface area contributed by atoms with Crippen LogP contribution in [0.3, 0.4) is 0 Å². The molecule has 0 radical (unpaired) electrons. The smallest absolute Gasteiger partial charge is 0.326 e. The van der Waals surface area contributed by atoms with Gasteiger partial charge in [-0.15, -0.1) is 0 Å². The predicted octanol–water partition coefficient (Wildman–Crippen LogP) is 0.983. The fourth-order valence-corrected chi connectivity index (χ4v) is 1.90. The number of amides is 2. The summed E-state index contributed by atoms with van der Waals surface area (Å²) in [4.78, 5) is 22.5. The molecule has 0 heterocycles. The number of nitrogens with one attached hydrogen (secondary N) is 2. The Morgan fingerprint density at radius 2 is 2.14 bits per heavy atom. The number of aliphatic carboxylic acids is 1. The van der Waals surface area contributed by atoms with Gasteiger partial charge in [0.25, 0.3) is 0 Å². The average Bonchev–Trinajstić information content (AvgIpc) is 2.45. The summed E-state index contributed by atoms with van der Waals surface area (Å²) >= 11 is 6.02. The minimum atomic E-state index is -1.21. The molecule has 21 heavy (non-hydrogen) atoms. The van der Waals surface area contributed by atoms with Crippen molar-refractivity contribution in [2.45, 2.75) is 19.0 Å². The molecule has 0 spiro atoms. The van der Waals surface area contributed by atoms with Gasteiger partial charge < -0.3 is 25.6 Å². The number of rotatable bonds is 7. The molecule has 0 aliphatic heterocycles. The van der Waals surface area contributed by atoms with Crippen LogP contribution < -0.4 is 15.4 Å². The van der Waals surface area contributed by atoms with E-state index in [-0.39, 0.29) is 19.6 Å². The monoisotopic (exact) mass is 316 g/mol. The normalized spacial score (nSPS) is 11.6. The predicted molar refractivity (Wildman–Crippen MR) is 76.5 cm³/mol. The largest absolute Gasteiger partial charge is 0.496 e. The first kappa shape index (κ1) is 17.1. The Morgan fingerprint density at radius 1 is 1.43 bits per heavy atom. The number of carbonyl (C=O) groups is 2. The lowest BCUT2D eigenvalue weighted by Crippen LogP contribution is -2.46. The molecule has 1 atom stereocenters. The number of aliphatic hydroxyl groups excluding tert-OH is 1. The van der Waals surface area contributed by atoms with E-state index in [4.69, 9.17) is 26.6 Å². The summed E-state index contributed by atoms with van der Waals surface area (Å²) in [5.41, 5.74) is 0.589. The van der Waals surface area contributed by atoms with Crippen molar-refractivity contribution in [3.05, 3.63) is 28.8 Å². The Labute approximate surface area is 126 Å². The van der Waals surface area contributed by atoms with Crippen LogP contribution in [0.25, 0.3) is 0 Å². The van der Waals surface area contributed by atoms with Crippen LogP contribution in [-0.4, -0.2) is 42.0 Å². The van der Waals surface area contributed by atoms with Gasteiger partial charge in [0.2, 0.25) is 0 Å². The van der Waals surface area contributed by atoms with Gasteiger partial charge in [-0.25, -0.2) is 9.59 Å². The summed E-state index contributed by atoms with van der Waals surface area (Å²) in [7, 11) is 1.48. The zero-order valence-corrected chi connectivity index (χ0v) is 12.2. The summed E-state index contributed by atoms with van der Waals surface area (Å²) in [5, 5.41) is 22.8. The van der Waals surface area contributed by atoms with Gasteiger partial charge >= 0.3 is 12.0 Å². The zero-order chi connectivity index (χ0) is 15.8. The fourth-order valence-electron chi connectivity index (χ4n) is 1.67. The van der Waals surface area contributed by atoms with Gasteiger partial charge in [-0.05, 0) is 12.1 Å². The highest BCUT2D eigenvalue weighted by molar-refractivity contribution is 6.31. The number of carbonyl (C=O) groups excluding carboxylic acids is 1. The first-order valence-electron chi connectivity index (χ1n) is 6.19. The summed E-state index contributed by atoms with van der Waals surface area (Å²) in [5.74, 6) is -0.692. The van der Waals surface area contributed by atoms with Gasteiger partial charge in [0.05, 0.1) is 7.11 Å². The van der Waals surface area contributed by atoms with E-state index in [1.807, 2.05) is 0 Å². The molecule has 0 saturated heterocycles. The minimum absolute atomic E-state index is 0.0713. The van der Waals surface area contributed by atoms with E-state index in [0.29, 0.717) is 16.3 Å². The van der Waals surface area contributed by atoms with E-state index < -0.39 is 18.0 Å². The Balaban J connectivity index is 2.63. The Hall–Kier alpha value is -1.99. The molecular formula is C13H17ClN2O5. The molecule has 4 N–H and O–H groups in total. The molecule has 2 amide bonds. The van der Waals surface area contributed by atoms with Crippen molar-refractivity contribution < 1.29 is 24.5 Å². The van der Waals surface area contributed by atoms with Gasteiger partial charge in [-0.1, -0.05) is 17.7 Å². The van der Waals surface area contributed by atoms with Crippen LogP contribution in [0.15, 0.2) is 18.2 Å². The maximum absolute atomic E-state index is 11.7. The lowest BCUT2D eigenvalue weighted by Gasteiger charge is -2.15. The third-order valence-electron chi connectivity index (χ3n) is 2.74. The Morgan fingerprint density at radius 3 is 2.71 bits per heavy atom. The molecule has 1 rings (SSSR count). The van der Waals surface area contributed by atoms with Gasteiger partial charge in [-0.2, -0.15) is 0 Å². The molecule has 7 nitrogen and oxygen atoms in total. The molecule has 1 aromatic carbocycles. The molecule has 0 unspecified atom stereocenters. The molecule has 0 aliphatic carbocycles. The van der Waals surface area contributed by atoms with Crippen molar-refractivity contribution >= 4 is 23.6 Å². The van der Waals surface area contributed by atoms with Crippen molar-refractivity contribution in [1.29, 1.82) is 0 Å². The summed E-state index contributed by atoms with van der Waals surface area (Å²) in [6.45, 7) is -0.254. The first-order valence-corrected chi connectivity index (χ1v) is 6.56. The second-order valence-corrected chi connectivity index (χ2v) is 4.56. The van der Waals surface area contributed by atoms with E-state index >= 15 is 0 Å². The maximum atomic E-state index is 11.7. The SMILES string of the molecule is COc1cccc(Cl)c1CNC(=O)N[C@H](CCO)C(=O)O. The van der Waals surface area contributed by atoms with Crippen molar-refractivity contribution in [2.24, 2.45) is 0 Å². The van der Waals surface area contributed by atoms with Gasteiger partial charge in [-0.3, -0.25) is 0 Å². The van der Waals surface area contributed by atoms with E-state index in [2.05, 4.69) is 10.6 Å².